The van der Waals surface area contributed by atoms with E-state index in [1.54, 1.807) is 28.1 Å². The van der Waals surface area contributed by atoms with E-state index in [1.165, 1.54) is 26.0 Å². The predicted octanol–water partition coefficient (Wildman–Crippen LogP) is 3.51. The van der Waals surface area contributed by atoms with Crippen LogP contribution in [-0.4, -0.2) is 78.1 Å². The van der Waals surface area contributed by atoms with Crippen molar-refractivity contribution in [3.63, 3.8) is 0 Å². The Balaban J connectivity index is -0.000000112. The summed E-state index contributed by atoms with van der Waals surface area (Å²) in [6, 6.07) is 0. The van der Waals surface area contributed by atoms with Crippen LogP contribution in [0.4, 0.5) is 0 Å². The summed E-state index contributed by atoms with van der Waals surface area (Å²) in [5.41, 5.74) is 1.52. The monoisotopic (exact) mass is 546 g/mol. The van der Waals surface area contributed by atoms with Gasteiger partial charge in [-0.2, -0.15) is 26.2 Å². The van der Waals surface area contributed by atoms with Gasteiger partial charge in [0.15, 0.2) is 0 Å². The van der Waals surface area contributed by atoms with Crippen molar-refractivity contribution in [2.75, 3.05) is 66.7 Å². The van der Waals surface area contributed by atoms with Gasteiger partial charge in [0.05, 0.1) is 26.3 Å². The third-order valence-corrected chi connectivity index (χ3v) is 3.03. The largest absolute Gasteiger partial charge is 4.00 e. The quantitative estimate of drug-likeness (QED) is 0.211. The van der Waals surface area contributed by atoms with Gasteiger partial charge in [-0.3, -0.25) is 9.98 Å². The Labute approximate surface area is 223 Å². The van der Waals surface area contributed by atoms with Crippen molar-refractivity contribution < 1.29 is 45.9 Å². The van der Waals surface area contributed by atoms with E-state index in [0.717, 1.165) is 37.6 Å². The molecule has 0 N–H and O–H groups in total. The van der Waals surface area contributed by atoms with E-state index in [9.17, 15) is 10.2 Å². The first-order chi connectivity index (χ1) is 15.2. The standard InChI is InChI=1S/2C8H15NO2.2C4H10N.Zr/c2*1-7(6-8(2)10)9-4-5-11-3;2*1-3-5-4-2;/h2*6,10H,4-5H2,1-3H3;2*3-4H2,1-2H3;/q;;2*-1;+4/p-2/b2*8-6-,9-7?;;;. The van der Waals surface area contributed by atoms with Crippen LogP contribution in [0.2, 0.25) is 0 Å². The zero-order valence-electron chi connectivity index (χ0n) is 22.7. The maximum absolute atomic E-state index is 10.5. The molecule has 0 aromatic heterocycles. The number of methoxy groups -OCH3 is 2. The molecule has 0 aromatic carbocycles. The van der Waals surface area contributed by atoms with Crippen molar-refractivity contribution >= 4 is 11.4 Å². The molecule has 0 aliphatic carbocycles. The number of aliphatic imine (C=N–C) groups is 2. The normalized spacial score (nSPS) is 11.7. The fourth-order valence-electron chi connectivity index (χ4n) is 1.75. The molecule has 0 amide bonds. The van der Waals surface area contributed by atoms with Gasteiger partial charge in [0.1, 0.15) is 0 Å². The first-order valence-corrected chi connectivity index (χ1v) is 11.1. The van der Waals surface area contributed by atoms with Gasteiger partial charge in [-0.1, -0.05) is 53.7 Å². The summed E-state index contributed by atoms with van der Waals surface area (Å²) in [5.74, 6) is 0.0623. The predicted molar refractivity (Wildman–Crippen MR) is 136 cm³/mol. The Bertz CT molecular complexity index is 441. The minimum absolute atomic E-state index is 0. The second kappa shape index (κ2) is 38.4. The second-order valence-electron chi connectivity index (χ2n) is 6.25. The first kappa shape index (κ1) is 42.3. The van der Waals surface area contributed by atoms with E-state index >= 15 is 0 Å². The summed E-state index contributed by atoms with van der Waals surface area (Å²) < 4.78 is 9.58. The molecule has 0 atom stereocenters. The van der Waals surface area contributed by atoms with Crippen LogP contribution >= 0.6 is 0 Å². The topological polar surface area (TPSA) is 118 Å². The van der Waals surface area contributed by atoms with Crippen LogP contribution in [-0.2, 0) is 35.7 Å². The molecule has 33 heavy (non-hydrogen) atoms. The van der Waals surface area contributed by atoms with Crippen LogP contribution in [0.5, 0.6) is 0 Å². The second-order valence-corrected chi connectivity index (χ2v) is 6.25. The van der Waals surface area contributed by atoms with E-state index < -0.39 is 0 Å². The fraction of sp³-hybridized carbons (Fsp3) is 0.750. The maximum Gasteiger partial charge on any atom is 4.00 e. The van der Waals surface area contributed by atoms with Crippen molar-refractivity contribution in [1.82, 2.24) is 0 Å². The molecule has 192 valence electrons. The van der Waals surface area contributed by atoms with Gasteiger partial charge in [-0.25, -0.2) is 0 Å². The Hall–Kier alpha value is -0.857. The molecule has 0 spiro atoms. The fourth-order valence-corrected chi connectivity index (χ4v) is 1.75. The van der Waals surface area contributed by atoms with Crippen LogP contribution in [0.15, 0.2) is 33.7 Å². The minimum Gasteiger partial charge on any atom is -0.876 e. The van der Waals surface area contributed by atoms with Crippen LogP contribution in [0.1, 0.15) is 55.4 Å². The Morgan fingerprint density at radius 1 is 0.667 bits per heavy atom. The Kier molecular flexibility index (Phi) is 49.2. The number of nitrogens with zero attached hydrogens (tertiary/aromatic N) is 4. The molecule has 0 heterocycles. The van der Waals surface area contributed by atoms with Gasteiger partial charge in [0, 0.05) is 25.6 Å². The molecule has 0 aliphatic heterocycles. The van der Waals surface area contributed by atoms with Crippen LogP contribution in [0, 0.1) is 0 Å². The molecule has 0 saturated carbocycles. The van der Waals surface area contributed by atoms with E-state index in [0.29, 0.717) is 26.3 Å². The molecular formula is C24H48N4O4Zr. The van der Waals surface area contributed by atoms with Gasteiger partial charge >= 0.3 is 26.2 Å². The molecule has 0 aromatic rings. The molecule has 0 fully saturated rings. The Morgan fingerprint density at radius 2 is 0.939 bits per heavy atom. The number of rotatable bonds is 12. The van der Waals surface area contributed by atoms with Crippen LogP contribution in [0.3, 0.4) is 0 Å². The van der Waals surface area contributed by atoms with Crippen molar-refractivity contribution in [2.45, 2.75) is 55.4 Å². The summed E-state index contributed by atoms with van der Waals surface area (Å²) in [6.07, 6.45) is 3.02. The zero-order chi connectivity index (χ0) is 25.6. The van der Waals surface area contributed by atoms with E-state index in [-0.39, 0.29) is 37.7 Å². The summed E-state index contributed by atoms with van der Waals surface area (Å²) >= 11 is 0. The van der Waals surface area contributed by atoms with Crippen molar-refractivity contribution in [3.05, 3.63) is 34.3 Å². The molecule has 0 saturated heterocycles. The molecule has 0 unspecified atom stereocenters. The van der Waals surface area contributed by atoms with Gasteiger partial charge in [-0.05, 0) is 13.8 Å². The van der Waals surface area contributed by atoms with E-state index in [1.807, 2.05) is 27.7 Å². The summed E-state index contributed by atoms with van der Waals surface area (Å²) in [5, 5.41) is 29.0. The maximum atomic E-state index is 10.5. The molecular weight excluding hydrogens is 500 g/mol. The van der Waals surface area contributed by atoms with Gasteiger partial charge in [0.25, 0.3) is 0 Å². The van der Waals surface area contributed by atoms with E-state index in [4.69, 9.17) is 9.47 Å². The van der Waals surface area contributed by atoms with Gasteiger partial charge in [0.2, 0.25) is 0 Å². The Morgan fingerprint density at radius 3 is 1.09 bits per heavy atom. The third-order valence-electron chi connectivity index (χ3n) is 3.03. The number of ether oxygens (including phenoxy) is 2. The average molecular weight is 548 g/mol. The first-order valence-electron chi connectivity index (χ1n) is 11.1. The van der Waals surface area contributed by atoms with Crippen molar-refractivity contribution in [1.29, 1.82) is 0 Å². The van der Waals surface area contributed by atoms with E-state index in [2.05, 4.69) is 20.6 Å². The molecule has 0 bridgehead atoms. The average Bonchev–Trinajstić information content (AvgIpc) is 2.70. The van der Waals surface area contributed by atoms with Crippen LogP contribution in [0.25, 0.3) is 10.6 Å². The number of hydrogen-bond donors (Lipinski definition) is 0. The smallest absolute Gasteiger partial charge is 0.876 e. The molecule has 0 aliphatic rings. The SMILES string of the molecule is CC[N-]CC.CC[N-]CC.COCCN=C(C)/C=C(/C)[O-].COCCN=C(C)/C=C(/C)[O-].[Zr+4]. The number of allylic oxidation sites excluding steroid dienone is 4. The number of hydrogen-bond acceptors (Lipinski definition) is 6. The minimum atomic E-state index is 0. The molecule has 8 nitrogen and oxygen atoms in total. The zero-order valence-corrected chi connectivity index (χ0v) is 25.2. The van der Waals surface area contributed by atoms with Crippen LogP contribution < -0.4 is 10.2 Å². The van der Waals surface area contributed by atoms with Gasteiger partial charge < -0.3 is 30.3 Å². The molecule has 0 rings (SSSR count). The van der Waals surface area contributed by atoms with Crippen molar-refractivity contribution in [3.8, 4) is 0 Å². The third kappa shape index (κ3) is 59.2. The van der Waals surface area contributed by atoms with Gasteiger partial charge in [-0.15, -0.1) is 11.5 Å². The van der Waals surface area contributed by atoms with Crippen molar-refractivity contribution in [2.24, 2.45) is 9.98 Å². The summed E-state index contributed by atoms with van der Waals surface area (Å²) in [4.78, 5) is 8.14. The molecule has 0 radical (unpaired) electrons. The summed E-state index contributed by atoms with van der Waals surface area (Å²) in [7, 11) is 3.25. The molecule has 9 heteroatoms. The summed E-state index contributed by atoms with van der Waals surface area (Å²) in [6.45, 7) is 21.1.